The largest absolute Gasteiger partial charge is 0.341 e. The molecule has 8 heteroatoms. The second-order valence-electron chi connectivity index (χ2n) is 13.3. The number of benzene rings is 4. The second kappa shape index (κ2) is 13.2. The molecule has 0 bridgehead atoms. The zero-order chi connectivity index (χ0) is 36.4. The van der Waals surface area contributed by atoms with Gasteiger partial charge in [0.15, 0.2) is 0 Å². The van der Waals surface area contributed by atoms with Crippen molar-refractivity contribution in [3.63, 3.8) is 0 Å². The van der Waals surface area contributed by atoms with Gasteiger partial charge < -0.3 is 9.13 Å². The highest BCUT2D eigenvalue weighted by molar-refractivity contribution is 6.37. The number of halogens is 2. The fourth-order valence-corrected chi connectivity index (χ4v) is 8.96. The molecule has 0 spiro atoms. The minimum Gasteiger partial charge on any atom is -0.341 e. The minimum atomic E-state index is -0.304. The highest BCUT2D eigenvalue weighted by atomic mass is 35.5. The Bertz CT molecular complexity index is 2840. The summed E-state index contributed by atoms with van der Waals surface area (Å²) in [6.45, 7) is 14.6. The molecule has 0 atom stereocenters. The Balaban J connectivity index is 1.45. The molecule has 1 fully saturated rings. The van der Waals surface area contributed by atoms with E-state index in [-0.39, 0.29) is 16.3 Å². The molecule has 262 valence electrons. The van der Waals surface area contributed by atoms with E-state index in [9.17, 15) is 9.59 Å². The normalized spacial score (nSPS) is 16.2. The molecule has 3 aromatic heterocycles. The summed E-state index contributed by atoms with van der Waals surface area (Å²) in [7, 11) is 0. The quantitative estimate of drug-likeness (QED) is 0.182. The summed E-state index contributed by atoms with van der Waals surface area (Å²) in [5.41, 5.74) is 4.70. The van der Waals surface area contributed by atoms with E-state index >= 15 is 0 Å². The fraction of sp³-hybridized carbons (Fsp3) is 0.227. The van der Waals surface area contributed by atoms with Gasteiger partial charge in [-0.3, -0.25) is 18.7 Å². The van der Waals surface area contributed by atoms with Crippen molar-refractivity contribution in [2.24, 2.45) is 0 Å². The maximum atomic E-state index is 14.3. The van der Waals surface area contributed by atoms with Gasteiger partial charge in [0.2, 0.25) is 0 Å². The van der Waals surface area contributed by atoms with Crippen molar-refractivity contribution in [1.82, 2.24) is 18.3 Å². The molecule has 0 amide bonds. The van der Waals surface area contributed by atoms with Gasteiger partial charge in [0.1, 0.15) is 10.7 Å². The molecule has 0 saturated heterocycles. The maximum absolute atomic E-state index is 14.3. The third kappa shape index (κ3) is 4.99. The zero-order valence-corrected chi connectivity index (χ0v) is 31.4. The SMILES string of the molecule is C=c1n(CC)c(=O)c(=C2/C(=C/C=c3\c4cccc5c(Cl)ccc(c54)n3CC)CC/C2=C\C=c2/c3cccc4c(Cl)ccc(c43)n2CC)c(=O)n1CC. The smallest absolute Gasteiger partial charge is 0.265 e. The summed E-state index contributed by atoms with van der Waals surface area (Å²) in [5, 5.41) is 10.4. The Morgan fingerprint density at radius 2 is 0.981 bits per heavy atom. The van der Waals surface area contributed by atoms with Crippen LogP contribution in [0.15, 0.2) is 93.6 Å². The van der Waals surface area contributed by atoms with Gasteiger partial charge in [0.05, 0.1) is 0 Å². The Labute approximate surface area is 310 Å². The number of hydrogen-bond acceptors (Lipinski definition) is 2. The van der Waals surface area contributed by atoms with E-state index in [2.05, 4.69) is 90.3 Å². The molecule has 52 heavy (non-hydrogen) atoms. The summed E-state index contributed by atoms with van der Waals surface area (Å²) in [5.74, 6) is 0. The Kier molecular flexibility index (Phi) is 8.63. The lowest BCUT2D eigenvalue weighted by molar-refractivity contribution is 0.572. The highest BCUT2D eigenvalue weighted by Gasteiger charge is 2.24. The van der Waals surface area contributed by atoms with Crippen molar-refractivity contribution in [2.75, 3.05) is 0 Å². The van der Waals surface area contributed by atoms with Crippen molar-refractivity contribution in [3.05, 3.63) is 136 Å². The van der Waals surface area contributed by atoms with Gasteiger partial charge in [-0.2, -0.15) is 0 Å². The van der Waals surface area contributed by atoms with Crippen molar-refractivity contribution >= 4 is 90.9 Å². The van der Waals surface area contributed by atoms with E-state index in [1.807, 2.05) is 38.1 Å². The number of rotatable bonds is 6. The number of aromatic nitrogens is 4. The van der Waals surface area contributed by atoms with Gasteiger partial charge in [-0.1, -0.05) is 78.3 Å². The summed E-state index contributed by atoms with van der Waals surface area (Å²) in [6.07, 6.45) is 9.90. The highest BCUT2D eigenvalue weighted by Crippen LogP contribution is 2.37. The van der Waals surface area contributed by atoms with Gasteiger partial charge in [0, 0.05) is 90.3 Å². The molecular weight excluding hydrogens is 687 g/mol. The summed E-state index contributed by atoms with van der Waals surface area (Å²) >= 11 is 13.3. The van der Waals surface area contributed by atoms with Crippen LogP contribution >= 0.6 is 23.2 Å². The van der Waals surface area contributed by atoms with E-state index in [4.69, 9.17) is 23.2 Å². The van der Waals surface area contributed by atoms with Crippen LogP contribution in [-0.4, -0.2) is 18.3 Å². The predicted octanol–water partition coefficient (Wildman–Crippen LogP) is 7.22. The summed E-state index contributed by atoms with van der Waals surface area (Å²) < 4.78 is 7.84. The molecule has 3 heterocycles. The molecule has 6 nitrogen and oxygen atoms in total. The Morgan fingerprint density at radius 3 is 1.38 bits per heavy atom. The van der Waals surface area contributed by atoms with Crippen LogP contribution in [0.3, 0.4) is 0 Å². The zero-order valence-electron chi connectivity index (χ0n) is 29.9. The van der Waals surface area contributed by atoms with Crippen LogP contribution in [0.25, 0.3) is 67.7 Å². The Hall–Kier alpha value is -5.04. The maximum Gasteiger partial charge on any atom is 0.265 e. The van der Waals surface area contributed by atoms with Gasteiger partial charge in [0.25, 0.3) is 11.1 Å². The molecule has 0 N–H and O–H groups in total. The number of nitrogens with zero attached hydrogens (tertiary/aromatic N) is 4. The molecule has 0 radical (unpaired) electrons. The number of hydrogen-bond donors (Lipinski definition) is 0. The average molecular weight is 728 g/mol. The van der Waals surface area contributed by atoms with E-state index in [0.29, 0.717) is 37.0 Å². The van der Waals surface area contributed by atoms with Crippen LogP contribution in [-0.2, 0) is 26.2 Å². The number of allylic oxidation sites excluding steroid dienone is 4. The summed E-state index contributed by atoms with van der Waals surface area (Å²) in [6, 6.07) is 20.6. The van der Waals surface area contributed by atoms with Crippen LogP contribution in [0.1, 0.15) is 40.5 Å². The third-order valence-electron chi connectivity index (χ3n) is 10.9. The molecule has 4 aromatic carbocycles. The molecule has 1 saturated carbocycles. The molecule has 8 rings (SSSR count). The first-order valence-electron chi connectivity index (χ1n) is 18.1. The topological polar surface area (TPSA) is 53.9 Å². The Morgan fingerprint density at radius 1 is 0.577 bits per heavy atom. The van der Waals surface area contributed by atoms with Gasteiger partial charge in [-0.05, 0) is 93.7 Å². The first-order chi connectivity index (χ1) is 25.2. The summed E-state index contributed by atoms with van der Waals surface area (Å²) in [4.78, 5) is 28.6. The lowest BCUT2D eigenvalue weighted by Crippen LogP contribution is -2.58. The van der Waals surface area contributed by atoms with E-state index in [0.717, 1.165) is 88.3 Å². The molecule has 7 aromatic rings. The molecule has 0 unspecified atom stereocenters. The predicted molar refractivity (Wildman–Crippen MR) is 220 cm³/mol. The minimum absolute atomic E-state index is 0.203. The average Bonchev–Trinajstić information content (AvgIpc) is 3.80. The lowest BCUT2D eigenvalue weighted by atomic mass is 10.0. The standard InChI is InChI=1S/C44H40Cl2N4O2/c1-6-47-26(5)48(7-2)44(52)42(43(47)51)39-27(18-22-35-31-14-10-12-29-33(45)20-24-37(40(29)31)49(35)8-3)16-17-28(39)19-23-36-32-15-11-13-30-34(46)21-25-38(41(30)32)50(36)9-4/h10-15,18-25H,5-9,16-17H2,1-4H3/b27-18+,28-19+,35-22+,36-23+. The molecule has 1 aliphatic rings. The van der Waals surface area contributed by atoms with Gasteiger partial charge >= 0.3 is 0 Å². The number of aryl methyl sites for hydroxylation is 2. The molecular formula is C44H40Cl2N4O2. The third-order valence-corrected chi connectivity index (χ3v) is 11.6. The van der Waals surface area contributed by atoms with Crippen LogP contribution in [0.5, 0.6) is 0 Å². The van der Waals surface area contributed by atoms with Crippen molar-refractivity contribution in [3.8, 4) is 0 Å². The van der Waals surface area contributed by atoms with Crippen LogP contribution in [0, 0.1) is 0 Å². The van der Waals surface area contributed by atoms with Crippen molar-refractivity contribution in [2.45, 2.75) is 66.7 Å². The van der Waals surface area contributed by atoms with Gasteiger partial charge in [-0.15, -0.1) is 0 Å². The lowest BCUT2D eigenvalue weighted by Gasteiger charge is -2.11. The van der Waals surface area contributed by atoms with Crippen LogP contribution in [0.4, 0.5) is 0 Å². The monoisotopic (exact) mass is 726 g/mol. The van der Waals surface area contributed by atoms with Crippen LogP contribution in [0.2, 0.25) is 10.0 Å². The first kappa shape index (κ1) is 34.1. The van der Waals surface area contributed by atoms with E-state index in [1.165, 1.54) is 0 Å². The van der Waals surface area contributed by atoms with Gasteiger partial charge in [-0.25, -0.2) is 0 Å². The first-order valence-corrected chi connectivity index (χ1v) is 18.9. The van der Waals surface area contributed by atoms with Crippen molar-refractivity contribution < 1.29 is 0 Å². The van der Waals surface area contributed by atoms with Crippen molar-refractivity contribution in [1.29, 1.82) is 0 Å². The molecule has 1 aliphatic carbocycles. The van der Waals surface area contributed by atoms with E-state index < -0.39 is 0 Å². The second-order valence-corrected chi connectivity index (χ2v) is 14.1. The van der Waals surface area contributed by atoms with E-state index in [1.54, 1.807) is 9.13 Å². The van der Waals surface area contributed by atoms with Crippen LogP contribution < -0.4 is 32.5 Å². The molecule has 0 aliphatic heterocycles. The fourth-order valence-electron chi connectivity index (χ4n) is 8.52.